The third kappa shape index (κ3) is 6.88. The van der Waals surface area contributed by atoms with Crippen LogP contribution in [0, 0.1) is 0 Å². The largest absolute Gasteiger partial charge is 0.414 e. The van der Waals surface area contributed by atoms with E-state index in [4.69, 9.17) is 18.0 Å². The third-order valence-electron chi connectivity index (χ3n) is 10.3. The lowest BCUT2D eigenvalue weighted by molar-refractivity contribution is -0.0479. The summed E-state index contributed by atoms with van der Waals surface area (Å²) < 4.78 is 30.1. The van der Waals surface area contributed by atoms with Gasteiger partial charge in [-0.05, 0) is 54.4 Å². The van der Waals surface area contributed by atoms with Crippen molar-refractivity contribution in [3.8, 4) is 0 Å². The van der Waals surface area contributed by atoms with Crippen LogP contribution in [0.3, 0.4) is 0 Å². The van der Waals surface area contributed by atoms with Crippen LogP contribution in [0.4, 0.5) is 5.82 Å². The van der Waals surface area contributed by atoms with E-state index in [9.17, 15) is 4.79 Å². The van der Waals surface area contributed by atoms with Gasteiger partial charge in [-0.3, -0.25) is 9.36 Å². The Morgan fingerprint density at radius 2 is 1.37 bits per heavy atom. The van der Waals surface area contributed by atoms with E-state index < -0.39 is 37.3 Å². The molecule has 0 spiro atoms. The van der Waals surface area contributed by atoms with Crippen LogP contribution >= 0.6 is 0 Å². The predicted octanol–water partition coefficient (Wildman–Crippen LogP) is 7.04. The quantitative estimate of drug-likeness (QED) is 0.310. The summed E-state index contributed by atoms with van der Waals surface area (Å²) in [5.41, 5.74) is 0.399. The highest BCUT2D eigenvalue weighted by molar-refractivity contribution is 6.75. The normalized spacial score (nSPS) is 25.0. The van der Waals surface area contributed by atoms with Gasteiger partial charge in [-0.15, -0.1) is 0 Å². The summed E-state index contributed by atoms with van der Waals surface area (Å²) in [4.78, 5) is 19.1. The van der Waals surface area contributed by atoms with Crippen molar-refractivity contribution in [1.82, 2.24) is 14.5 Å². The van der Waals surface area contributed by atoms with E-state index in [1.165, 1.54) is 0 Å². The zero-order valence-corrected chi connectivity index (χ0v) is 31.7. The minimum Gasteiger partial charge on any atom is -0.414 e. The fourth-order valence-corrected chi connectivity index (χ4v) is 7.82. The predicted molar refractivity (Wildman–Crippen MR) is 174 cm³/mol. The summed E-state index contributed by atoms with van der Waals surface area (Å²) >= 11 is 0. The molecule has 236 valence electrons. The van der Waals surface area contributed by atoms with Crippen LogP contribution in [0.25, 0.3) is 0 Å². The maximum Gasteiger partial charge on any atom is 0.277 e. The van der Waals surface area contributed by atoms with Crippen LogP contribution < -0.4 is 5.32 Å². The van der Waals surface area contributed by atoms with E-state index in [0.29, 0.717) is 24.8 Å². The lowest BCUT2D eigenvalue weighted by Crippen LogP contribution is -2.54. The second kappa shape index (κ2) is 11.2. The number of rotatable bonds is 8. The standard InChI is InChI=1S/C29H58N4O5Si3/c1-27(2,3)39(11,12)35-17-20-22(37-40(13,14)28(4,5)6)23(38-41(15,16)29(7,8)9)26(36-20)33-19-30-21-24(33)31-18-32(10)25(21)34/h19-20,22-23,26,31H,17-18H2,1-16H3/t20-,22-,23-,26-/m1/s1. The van der Waals surface area contributed by atoms with E-state index in [1.807, 2.05) is 4.57 Å². The van der Waals surface area contributed by atoms with Gasteiger partial charge in [-0.25, -0.2) is 4.98 Å². The van der Waals surface area contributed by atoms with Crippen molar-refractivity contribution in [3.63, 3.8) is 0 Å². The van der Waals surface area contributed by atoms with Crippen molar-refractivity contribution in [2.75, 3.05) is 25.6 Å². The topological polar surface area (TPSA) is 87.1 Å². The lowest BCUT2D eigenvalue weighted by atomic mass is 10.1. The molecule has 41 heavy (non-hydrogen) atoms. The highest BCUT2D eigenvalue weighted by Crippen LogP contribution is 2.47. The Morgan fingerprint density at radius 1 is 0.878 bits per heavy atom. The second-order valence-electron chi connectivity index (χ2n) is 16.5. The molecule has 1 aromatic rings. The van der Waals surface area contributed by atoms with Gasteiger partial charge in [0.1, 0.15) is 24.1 Å². The average Bonchev–Trinajstić information content (AvgIpc) is 3.34. The van der Waals surface area contributed by atoms with Crippen molar-refractivity contribution >= 4 is 36.7 Å². The number of carbonyl (C=O) groups excluding carboxylic acids is 1. The number of anilines is 1. The van der Waals surface area contributed by atoms with Gasteiger partial charge in [0, 0.05) is 7.05 Å². The summed E-state index contributed by atoms with van der Waals surface area (Å²) in [5.74, 6) is 0.559. The van der Waals surface area contributed by atoms with Gasteiger partial charge in [-0.2, -0.15) is 0 Å². The molecule has 0 unspecified atom stereocenters. The molecule has 0 aliphatic carbocycles. The molecular weight excluding hydrogens is 569 g/mol. The number of aromatic nitrogens is 2. The fourth-order valence-electron chi connectivity index (χ4n) is 4.21. The number of ether oxygens (including phenoxy) is 1. The van der Waals surface area contributed by atoms with Gasteiger partial charge in [0.25, 0.3) is 5.91 Å². The van der Waals surface area contributed by atoms with Crippen LogP contribution in [0.15, 0.2) is 6.33 Å². The van der Waals surface area contributed by atoms with Gasteiger partial charge in [0.15, 0.2) is 36.9 Å². The van der Waals surface area contributed by atoms with Crippen LogP contribution in [0.2, 0.25) is 54.4 Å². The number of hydrogen-bond donors (Lipinski definition) is 1. The van der Waals surface area contributed by atoms with Crippen molar-refractivity contribution < 1.29 is 22.8 Å². The maximum absolute atomic E-state index is 12.9. The van der Waals surface area contributed by atoms with Crippen molar-refractivity contribution in [3.05, 3.63) is 12.0 Å². The molecule has 2 aliphatic heterocycles. The van der Waals surface area contributed by atoms with Gasteiger partial charge >= 0.3 is 0 Å². The van der Waals surface area contributed by atoms with E-state index in [1.54, 1.807) is 18.3 Å². The summed E-state index contributed by atoms with van der Waals surface area (Å²) in [5, 5.41) is 3.44. The number of hydrogen-bond acceptors (Lipinski definition) is 7. The summed E-state index contributed by atoms with van der Waals surface area (Å²) in [7, 11) is -4.81. The Morgan fingerprint density at radius 3 is 1.85 bits per heavy atom. The minimum atomic E-state index is -2.27. The van der Waals surface area contributed by atoms with Crippen LogP contribution in [0.5, 0.6) is 0 Å². The Labute approximate surface area is 252 Å². The molecule has 0 aromatic carbocycles. The summed E-state index contributed by atoms with van der Waals surface area (Å²) in [6, 6.07) is 0. The first-order chi connectivity index (χ1) is 18.3. The molecule has 4 atom stereocenters. The molecule has 0 saturated carbocycles. The smallest absolute Gasteiger partial charge is 0.277 e. The fraction of sp³-hybridized carbons (Fsp3) is 0.862. The number of imidazole rings is 1. The zero-order valence-electron chi connectivity index (χ0n) is 28.7. The van der Waals surface area contributed by atoms with Crippen molar-refractivity contribution in [2.45, 2.75) is 141 Å². The van der Waals surface area contributed by atoms with Gasteiger partial charge < -0.3 is 28.2 Å². The van der Waals surface area contributed by atoms with Crippen LogP contribution in [0.1, 0.15) is 79.0 Å². The second-order valence-corrected chi connectivity index (χ2v) is 30.8. The maximum atomic E-state index is 12.9. The van der Waals surface area contributed by atoms with E-state index in [-0.39, 0.29) is 33.2 Å². The highest BCUT2D eigenvalue weighted by Gasteiger charge is 2.55. The molecule has 0 radical (unpaired) electrons. The van der Waals surface area contributed by atoms with Gasteiger partial charge in [0.05, 0.1) is 19.6 Å². The number of nitrogens with one attached hydrogen (secondary N) is 1. The number of amides is 1. The first-order valence-electron chi connectivity index (χ1n) is 15.0. The van der Waals surface area contributed by atoms with Crippen molar-refractivity contribution in [2.24, 2.45) is 0 Å². The van der Waals surface area contributed by atoms with E-state index in [0.717, 1.165) is 0 Å². The molecule has 1 N–H and O–H groups in total. The molecule has 12 heteroatoms. The molecule has 9 nitrogen and oxygen atoms in total. The van der Waals surface area contributed by atoms with E-state index in [2.05, 4.69) is 112 Å². The average molecular weight is 627 g/mol. The van der Waals surface area contributed by atoms with Crippen molar-refractivity contribution in [1.29, 1.82) is 0 Å². The zero-order chi connectivity index (χ0) is 31.6. The Kier molecular flexibility index (Phi) is 9.38. The molecule has 1 fully saturated rings. The SMILES string of the molecule is CN1CNc2c(ncn2[C@@H]2O[C@H](CO[Si](C)(C)C(C)(C)C)[C@@H](O[Si](C)(C)C(C)(C)C)[C@H]2O[Si](C)(C)C(C)(C)C)C1=O. The molecule has 1 aromatic heterocycles. The van der Waals surface area contributed by atoms with Crippen LogP contribution in [-0.4, -0.2) is 83.9 Å². The Bertz CT molecular complexity index is 1100. The monoisotopic (exact) mass is 626 g/mol. The molecule has 2 aliphatic rings. The van der Waals surface area contributed by atoms with Gasteiger partial charge in [-0.1, -0.05) is 62.3 Å². The lowest BCUT2D eigenvalue weighted by Gasteiger charge is -2.44. The molecule has 1 amide bonds. The summed E-state index contributed by atoms with van der Waals surface area (Å²) in [6.07, 6.45) is 0.125. The Hall–Kier alpha value is -1.03. The molecule has 3 heterocycles. The first-order valence-corrected chi connectivity index (χ1v) is 23.7. The van der Waals surface area contributed by atoms with E-state index >= 15 is 0 Å². The third-order valence-corrected chi connectivity index (χ3v) is 23.7. The first kappa shape index (κ1) is 34.5. The minimum absolute atomic E-state index is 0.00414. The Balaban J connectivity index is 2.13. The number of carbonyl (C=O) groups is 1. The molecule has 3 rings (SSSR count). The number of nitrogens with zero attached hydrogens (tertiary/aromatic N) is 3. The van der Waals surface area contributed by atoms with Gasteiger partial charge in [0.2, 0.25) is 0 Å². The highest BCUT2D eigenvalue weighted by atomic mass is 28.4. The number of fused-ring (bicyclic) bond motifs is 1. The molecule has 0 bridgehead atoms. The molecular formula is C29H58N4O5Si3. The molecule has 1 saturated heterocycles. The van der Waals surface area contributed by atoms with Crippen LogP contribution in [-0.2, 0) is 18.0 Å². The summed E-state index contributed by atoms with van der Waals surface area (Å²) in [6.45, 7) is 34.8.